The molecule has 0 radical (unpaired) electrons. The van der Waals surface area contributed by atoms with Gasteiger partial charge in [-0.1, -0.05) is 61.6 Å². The Kier molecular flexibility index (Phi) is 10.6. The van der Waals surface area contributed by atoms with Crippen LogP contribution in [0.25, 0.3) is 0 Å². The van der Waals surface area contributed by atoms with E-state index in [0.29, 0.717) is 38.1 Å². The summed E-state index contributed by atoms with van der Waals surface area (Å²) in [5, 5.41) is 11.6. The van der Waals surface area contributed by atoms with Gasteiger partial charge in [0.15, 0.2) is 5.60 Å². The van der Waals surface area contributed by atoms with Gasteiger partial charge in [-0.15, -0.1) is 0 Å². The lowest BCUT2D eigenvalue weighted by Crippen LogP contribution is -2.52. The summed E-state index contributed by atoms with van der Waals surface area (Å²) in [5.74, 6) is 0.545. The van der Waals surface area contributed by atoms with Gasteiger partial charge < -0.3 is 33.9 Å². The molecular weight excluding hydrogens is 665 g/mol. The van der Waals surface area contributed by atoms with E-state index in [0.717, 1.165) is 28.1 Å². The second-order valence-corrected chi connectivity index (χ2v) is 19.3. The third kappa shape index (κ3) is 6.55. The maximum Gasteiger partial charge on any atom is 0.305 e. The van der Waals surface area contributed by atoms with Gasteiger partial charge in [0.05, 0.1) is 60.3 Å². The van der Waals surface area contributed by atoms with Crippen LogP contribution in [0.15, 0.2) is 66.7 Å². The van der Waals surface area contributed by atoms with Crippen LogP contribution in [0.2, 0.25) is 18.6 Å². The van der Waals surface area contributed by atoms with Gasteiger partial charge in [0.1, 0.15) is 11.5 Å². The number of rotatable bonds is 12. The van der Waals surface area contributed by atoms with E-state index in [2.05, 4.69) is 38.2 Å². The highest BCUT2D eigenvalue weighted by atomic mass is 28.3. The monoisotopic (exact) mass is 714 g/mol. The summed E-state index contributed by atoms with van der Waals surface area (Å²) in [4.78, 5) is 44.8. The Labute approximate surface area is 301 Å². The maximum absolute atomic E-state index is 15.0. The highest BCUT2D eigenvalue weighted by Gasteiger charge is 2.66. The van der Waals surface area contributed by atoms with Crippen molar-refractivity contribution in [2.75, 3.05) is 39.4 Å². The molecule has 2 amide bonds. The third-order valence-corrected chi connectivity index (χ3v) is 15.9. The first-order valence-corrected chi connectivity index (χ1v) is 20.9. The predicted octanol–water partition coefficient (Wildman–Crippen LogP) is 4.95. The number of nitrogens with zero attached hydrogens (tertiary/aromatic N) is 2. The molecule has 0 unspecified atom stereocenters. The molecule has 0 bridgehead atoms. The Morgan fingerprint density at radius 1 is 0.961 bits per heavy atom. The molecule has 0 saturated carbocycles. The number of methoxy groups -OCH3 is 3. The van der Waals surface area contributed by atoms with Crippen molar-refractivity contribution in [1.82, 2.24) is 4.90 Å². The number of carbonyl (C=O) groups is 3. The number of esters is 1. The Morgan fingerprint density at radius 3 is 2.31 bits per heavy atom. The number of amides is 2. The zero-order valence-corrected chi connectivity index (χ0v) is 31.5. The van der Waals surface area contributed by atoms with Gasteiger partial charge in [-0.25, -0.2) is 0 Å². The zero-order valence-electron chi connectivity index (χ0n) is 30.5. The van der Waals surface area contributed by atoms with Crippen molar-refractivity contribution in [3.63, 3.8) is 0 Å². The van der Waals surface area contributed by atoms with Crippen molar-refractivity contribution in [3.8, 4) is 11.5 Å². The summed E-state index contributed by atoms with van der Waals surface area (Å²) in [7, 11) is 2.13. The number of fused-ring (bicyclic) bond motifs is 3. The van der Waals surface area contributed by atoms with Crippen LogP contribution in [-0.2, 0) is 42.4 Å². The lowest BCUT2D eigenvalue weighted by molar-refractivity contribution is -0.151. The van der Waals surface area contributed by atoms with Crippen molar-refractivity contribution < 1.29 is 38.4 Å². The largest absolute Gasteiger partial charge is 0.497 e. The molecule has 1 spiro atoms. The van der Waals surface area contributed by atoms with E-state index in [1.807, 2.05) is 48.5 Å². The van der Waals surface area contributed by atoms with Crippen LogP contribution in [0.5, 0.6) is 11.5 Å². The van der Waals surface area contributed by atoms with Gasteiger partial charge in [-0.2, -0.15) is 0 Å². The fourth-order valence-electron chi connectivity index (χ4n) is 8.81. The Morgan fingerprint density at radius 2 is 1.65 bits per heavy atom. The molecule has 272 valence electrons. The molecule has 1 fully saturated rings. The topological polar surface area (TPSA) is 115 Å². The summed E-state index contributed by atoms with van der Waals surface area (Å²) in [6.07, 6.45) is 1.54. The summed E-state index contributed by atoms with van der Waals surface area (Å²) >= 11 is 0. The predicted molar refractivity (Wildman–Crippen MR) is 197 cm³/mol. The van der Waals surface area contributed by atoms with Crippen molar-refractivity contribution in [2.45, 2.75) is 82.0 Å². The van der Waals surface area contributed by atoms with E-state index < -0.39 is 19.8 Å². The Balaban J connectivity index is 1.39. The molecule has 3 aromatic rings. The molecule has 3 heterocycles. The normalized spacial score (nSPS) is 24.0. The average molecular weight is 715 g/mol. The van der Waals surface area contributed by atoms with Crippen LogP contribution in [0, 0.1) is 5.92 Å². The molecular formula is C40H50N2O8Si. The van der Waals surface area contributed by atoms with Crippen LogP contribution in [-0.4, -0.2) is 82.5 Å². The molecule has 3 aromatic carbocycles. The quantitative estimate of drug-likeness (QED) is 0.159. The van der Waals surface area contributed by atoms with Gasteiger partial charge in [-0.3, -0.25) is 14.4 Å². The average Bonchev–Trinajstić information content (AvgIpc) is 3.57. The summed E-state index contributed by atoms with van der Waals surface area (Å²) in [6, 6.07) is 21.5. The second-order valence-electron chi connectivity index (χ2n) is 14.6. The van der Waals surface area contributed by atoms with E-state index in [9.17, 15) is 19.5 Å². The minimum Gasteiger partial charge on any atom is -0.497 e. The molecule has 10 nitrogen and oxygen atoms in total. The van der Waals surface area contributed by atoms with Crippen LogP contribution in [0.3, 0.4) is 0 Å². The van der Waals surface area contributed by atoms with Gasteiger partial charge >= 0.3 is 5.97 Å². The zero-order chi connectivity index (χ0) is 36.5. The molecule has 11 heteroatoms. The van der Waals surface area contributed by atoms with E-state index in [-0.39, 0.29) is 54.7 Å². The number of ether oxygens (including phenoxy) is 4. The van der Waals surface area contributed by atoms with Crippen molar-refractivity contribution >= 4 is 36.7 Å². The Bertz CT molecular complexity index is 1760. The number of hydrogen-bond acceptors (Lipinski definition) is 8. The molecule has 51 heavy (non-hydrogen) atoms. The molecule has 3 aliphatic rings. The van der Waals surface area contributed by atoms with Gasteiger partial charge in [0.25, 0.3) is 5.91 Å². The minimum absolute atomic E-state index is 0.0771. The van der Waals surface area contributed by atoms with Gasteiger partial charge in [0, 0.05) is 31.0 Å². The van der Waals surface area contributed by atoms with Gasteiger partial charge in [0.2, 0.25) is 5.91 Å². The maximum atomic E-state index is 15.0. The SMILES string of the molecule is COC(=O)CCCCN1C(=O)[C@]2(O[C@H](CC(=O)N3Cc4ccccc4C[C@H]3CO)[C@@H]([Si](C)(C)c3ccc(OC)cc3)[C@@H]2C)c2cc(OC)ccc21. The van der Waals surface area contributed by atoms with Crippen LogP contribution in [0.1, 0.15) is 49.3 Å². The molecule has 3 aliphatic heterocycles. The molecule has 6 rings (SSSR count). The fourth-order valence-corrected chi connectivity index (χ4v) is 12.8. The van der Waals surface area contributed by atoms with Crippen LogP contribution in [0.4, 0.5) is 5.69 Å². The highest BCUT2D eigenvalue weighted by molar-refractivity contribution is 6.91. The van der Waals surface area contributed by atoms with Crippen molar-refractivity contribution in [1.29, 1.82) is 0 Å². The molecule has 0 aliphatic carbocycles. The smallest absolute Gasteiger partial charge is 0.305 e. The molecule has 1 N–H and O–H groups in total. The number of benzene rings is 3. The highest BCUT2D eigenvalue weighted by Crippen LogP contribution is 2.60. The fraction of sp³-hybridized carbons (Fsp3) is 0.475. The number of carbonyl (C=O) groups excluding carboxylic acids is 3. The third-order valence-electron chi connectivity index (χ3n) is 11.5. The summed E-state index contributed by atoms with van der Waals surface area (Å²) < 4.78 is 23.2. The second kappa shape index (κ2) is 14.8. The summed E-state index contributed by atoms with van der Waals surface area (Å²) in [5.41, 5.74) is 2.24. The first kappa shape index (κ1) is 36.6. The van der Waals surface area contributed by atoms with Crippen molar-refractivity contribution in [3.05, 3.63) is 83.4 Å². The summed E-state index contributed by atoms with van der Waals surface area (Å²) in [6.45, 7) is 7.36. The van der Waals surface area contributed by atoms with Crippen LogP contribution < -0.4 is 19.6 Å². The van der Waals surface area contributed by atoms with E-state index in [4.69, 9.17) is 18.9 Å². The number of hydrogen-bond donors (Lipinski definition) is 1. The number of aliphatic hydroxyl groups excluding tert-OH is 1. The van der Waals surface area contributed by atoms with Crippen molar-refractivity contribution in [2.24, 2.45) is 5.92 Å². The lowest BCUT2D eigenvalue weighted by Gasteiger charge is -2.39. The number of aliphatic hydroxyl groups is 1. The van der Waals surface area contributed by atoms with E-state index >= 15 is 0 Å². The van der Waals surface area contributed by atoms with E-state index in [1.165, 1.54) is 12.3 Å². The van der Waals surface area contributed by atoms with Crippen LogP contribution >= 0.6 is 0 Å². The number of anilines is 1. The number of unbranched alkanes of at least 4 members (excludes halogenated alkanes) is 1. The molecule has 0 aromatic heterocycles. The minimum atomic E-state index is -2.50. The lowest BCUT2D eigenvalue weighted by atomic mass is 9.82. The first-order chi connectivity index (χ1) is 24.5. The molecule has 5 atom stereocenters. The molecule has 1 saturated heterocycles. The van der Waals surface area contributed by atoms with Gasteiger partial charge in [-0.05, 0) is 66.3 Å². The Hall–Kier alpha value is -4.19. The first-order valence-electron chi connectivity index (χ1n) is 17.9. The standard InChI is InChI=1S/C40H50N2O8Si/c1-26-38(51(5,6)32-17-14-30(47-2)15-18-32)35(23-36(44)42-24-28-12-8-7-11-27(28)21-29(42)25-43)50-40(26)33-22-31(48-3)16-19-34(33)41(39(40)46)20-10-9-13-37(45)49-4/h7-8,11-12,14-19,22,26,29,35,38,43H,9-10,13,20-21,23-25H2,1-6H3/t26-,29-,35+,38-,40+/m0/s1. The van der Waals surface area contributed by atoms with E-state index in [1.54, 1.807) is 24.0 Å².